The van der Waals surface area contributed by atoms with Gasteiger partial charge in [0.2, 0.25) is 0 Å². The second kappa shape index (κ2) is 5.81. The van der Waals surface area contributed by atoms with Gasteiger partial charge >= 0.3 is 0 Å². The van der Waals surface area contributed by atoms with E-state index in [0.717, 1.165) is 5.69 Å². The number of nitrogen functional groups attached to an aromatic ring is 1. The molecule has 0 saturated heterocycles. The van der Waals surface area contributed by atoms with E-state index in [0.29, 0.717) is 6.54 Å². The topological polar surface area (TPSA) is 87.1 Å². The Kier molecular flexibility index (Phi) is 4.84. The summed E-state index contributed by atoms with van der Waals surface area (Å²) in [7, 11) is -3.10. The summed E-state index contributed by atoms with van der Waals surface area (Å²) in [6.07, 6.45) is 0. The molecule has 0 bridgehead atoms. The molecule has 0 aliphatic carbocycles. The monoisotopic (exact) mass is 289 g/mol. The number of hydrogen-bond donors (Lipinski definition) is 1. The van der Waals surface area contributed by atoms with Gasteiger partial charge < -0.3 is 5.73 Å². The maximum atomic E-state index is 12.1. The molecule has 0 aliphatic heterocycles. The predicted molar refractivity (Wildman–Crippen MR) is 77.2 cm³/mol. The van der Waals surface area contributed by atoms with Gasteiger partial charge in [0.15, 0.2) is 9.84 Å². The van der Waals surface area contributed by atoms with Crippen molar-refractivity contribution in [3.8, 4) is 0 Å². The van der Waals surface area contributed by atoms with Gasteiger partial charge in [-0.05, 0) is 12.8 Å². The Bertz CT molecular complexity index is 596. The smallest absolute Gasteiger partial charge is 0.290 e. The molecule has 19 heavy (non-hydrogen) atoms. The highest BCUT2D eigenvalue weighted by Gasteiger charge is 2.20. The maximum absolute atomic E-state index is 12.1. The molecule has 1 aromatic heterocycles. The zero-order chi connectivity index (χ0) is 14.8. The first-order valence-corrected chi connectivity index (χ1v) is 8.36. The van der Waals surface area contributed by atoms with Crippen LogP contribution in [0.2, 0.25) is 0 Å². The molecule has 1 aromatic rings. The van der Waals surface area contributed by atoms with E-state index in [1.165, 1.54) is 4.68 Å². The van der Waals surface area contributed by atoms with Crippen LogP contribution in [0.25, 0.3) is 0 Å². The van der Waals surface area contributed by atoms with Crippen molar-refractivity contribution < 1.29 is 8.42 Å². The molecule has 0 spiro atoms. The minimum Gasteiger partial charge on any atom is -0.393 e. The molecular formula is C12H23N3O3S. The summed E-state index contributed by atoms with van der Waals surface area (Å²) in [5.41, 5.74) is 6.56. The van der Waals surface area contributed by atoms with E-state index in [1.54, 1.807) is 11.6 Å². The van der Waals surface area contributed by atoms with Gasteiger partial charge in [0.1, 0.15) is 5.69 Å². The summed E-state index contributed by atoms with van der Waals surface area (Å²) in [6, 6.07) is 0. The maximum Gasteiger partial charge on any atom is 0.290 e. The average Bonchev–Trinajstić information content (AvgIpc) is 2.59. The summed E-state index contributed by atoms with van der Waals surface area (Å²) in [5, 5.41) is 0. The van der Waals surface area contributed by atoms with Crippen molar-refractivity contribution in [1.29, 1.82) is 0 Å². The Morgan fingerprint density at radius 2 is 1.79 bits per heavy atom. The fourth-order valence-corrected chi connectivity index (χ4v) is 2.91. The van der Waals surface area contributed by atoms with Crippen LogP contribution in [0, 0.1) is 0 Å². The molecule has 0 atom stereocenters. The summed E-state index contributed by atoms with van der Waals surface area (Å²) < 4.78 is 26.3. The lowest BCUT2D eigenvalue weighted by molar-refractivity contribution is 0.452. The van der Waals surface area contributed by atoms with Gasteiger partial charge in [0.05, 0.1) is 18.0 Å². The minimum atomic E-state index is -3.10. The molecular weight excluding hydrogens is 266 g/mol. The fourth-order valence-electron chi connectivity index (χ4n) is 2.17. The third-order valence-electron chi connectivity index (χ3n) is 3.21. The zero-order valence-electron chi connectivity index (χ0n) is 12.0. The van der Waals surface area contributed by atoms with Crippen molar-refractivity contribution in [2.45, 2.75) is 46.7 Å². The molecule has 0 aliphatic rings. The molecule has 0 aromatic carbocycles. The molecule has 0 saturated carbocycles. The highest BCUT2D eigenvalue weighted by Crippen LogP contribution is 2.19. The predicted octanol–water partition coefficient (Wildman–Crippen LogP) is 0.810. The SMILES string of the molecule is CCn1c(C(C)C)c(N)c(=O)n1CCS(=O)(=O)CC. The van der Waals surface area contributed by atoms with Crippen LogP contribution in [0.15, 0.2) is 4.79 Å². The normalized spacial score (nSPS) is 12.3. The quantitative estimate of drug-likeness (QED) is 0.839. The Hall–Kier alpha value is -1.24. The van der Waals surface area contributed by atoms with Crippen LogP contribution in [-0.2, 0) is 22.9 Å². The first-order valence-electron chi connectivity index (χ1n) is 6.54. The molecule has 2 N–H and O–H groups in total. The van der Waals surface area contributed by atoms with E-state index < -0.39 is 9.84 Å². The van der Waals surface area contributed by atoms with Gasteiger partial charge in [-0.25, -0.2) is 13.1 Å². The van der Waals surface area contributed by atoms with E-state index in [9.17, 15) is 13.2 Å². The van der Waals surface area contributed by atoms with Gasteiger partial charge in [0, 0.05) is 12.3 Å². The second-order valence-electron chi connectivity index (χ2n) is 4.83. The van der Waals surface area contributed by atoms with Crippen molar-refractivity contribution in [2.75, 3.05) is 17.2 Å². The van der Waals surface area contributed by atoms with Gasteiger partial charge in [-0.15, -0.1) is 0 Å². The first-order chi connectivity index (χ1) is 8.75. The van der Waals surface area contributed by atoms with Crippen LogP contribution in [0.1, 0.15) is 39.3 Å². The highest BCUT2D eigenvalue weighted by atomic mass is 32.2. The lowest BCUT2D eigenvalue weighted by Gasteiger charge is -2.14. The van der Waals surface area contributed by atoms with Crippen molar-refractivity contribution in [1.82, 2.24) is 9.36 Å². The van der Waals surface area contributed by atoms with E-state index in [4.69, 9.17) is 5.73 Å². The molecule has 7 heteroatoms. The van der Waals surface area contributed by atoms with Crippen LogP contribution in [0.4, 0.5) is 5.69 Å². The fraction of sp³-hybridized carbons (Fsp3) is 0.750. The Balaban J connectivity index is 3.22. The zero-order valence-corrected chi connectivity index (χ0v) is 12.8. The third-order valence-corrected chi connectivity index (χ3v) is 4.89. The van der Waals surface area contributed by atoms with Crippen molar-refractivity contribution in [3.05, 3.63) is 16.0 Å². The Morgan fingerprint density at radius 1 is 1.21 bits per heavy atom. The van der Waals surface area contributed by atoms with Gasteiger partial charge in [-0.1, -0.05) is 20.8 Å². The van der Waals surface area contributed by atoms with E-state index in [1.807, 2.05) is 20.8 Å². The lowest BCUT2D eigenvalue weighted by atomic mass is 10.1. The highest BCUT2D eigenvalue weighted by molar-refractivity contribution is 7.91. The molecule has 1 rings (SSSR count). The van der Waals surface area contributed by atoms with Crippen molar-refractivity contribution in [2.24, 2.45) is 0 Å². The Labute approximate surface area is 114 Å². The van der Waals surface area contributed by atoms with E-state index >= 15 is 0 Å². The van der Waals surface area contributed by atoms with Crippen LogP contribution < -0.4 is 11.3 Å². The largest absolute Gasteiger partial charge is 0.393 e. The first kappa shape index (κ1) is 15.8. The average molecular weight is 289 g/mol. The van der Waals surface area contributed by atoms with Gasteiger partial charge in [-0.2, -0.15) is 0 Å². The molecule has 0 unspecified atom stereocenters. The van der Waals surface area contributed by atoms with Crippen LogP contribution in [0.5, 0.6) is 0 Å². The number of anilines is 1. The molecule has 0 radical (unpaired) electrons. The standard InChI is InChI=1S/C12H23N3O3S/c1-5-14-11(9(3)4)10(13)12(16)15(14)7-8-19(17,18)6-2/h9H,5-8,13H2,1-4H3. The Morgan fingerprint density at radius 3 is 2.21 bits per heavy atom. The lowest BCUT2D eigenvalue weighted by Crippen LogP contribution is -2.28. The van der Waals surface area contributed by atoms with E-state index in [2.05, 4.69) is 0 Å². The number of rotatable bonds is 6. The van der Waals surface area contributed by atoms with Crippen molar-refractivity contribution in [3.63, 3.8) is 0 Å². The van der Waals surface area contributed by atoms with Crippen LogP contribution >= 0.6 is 0 Å². The summed E-state index contributed by atoms with van der Waals surface area (Å²) in [5.74, 6) is 0.169. The van der Waals surface area contributed by atoms with Gasteiger partial charge in [0.25, 0.3) is 5.56 Å². The number of hydrogen-bond acceptors (Lipinski definition) is 4. The summed E-state index contributed by atoms with van der Waals surface area (Å²) in [6.45, 7) is 8.18. The molecule has 110 valence electrons. The summed E-state index contributed by atoms with van der Waals surface area (Å²) in [4.78, 5) is 12.1. The molecule has 1 heterocycles. The molecule has 6 nitrogen and oxygen atoms in total. The third kappa shape index (κ3) is 3.20. The van der Waals surface area contributed by atoms with E-state index in [-0.39, 0.29) is 35.2 Å². The number of aromatic nitrogens is 2. The number of nitrogens with two attached hydrogens (primary N) is 1. The second-order valence-corrected chi connectivity index (χ2v) is 7.31. The van der Waals surface area contributed by atoms with Crippen LogP contribution in [-0.4, -0.2) is 29.3 Å². The number of nitrogens with zero attached hydrogens (tertiary/aromatic N) is 2. The minimum absolute atomic E-state index is 0.0373. The van der Waals surface area contributed by atoms with Gasteiger partial charge in [-0.3, -0.25) is 9.48 Å². The number of sulfone groups is 1. The van der Waals surface area contributed by atoms with Crippen LogP contribution in [0.3, 0.4) is 0 Å². The molecule has 0 fully saturated rings. The summed E-state index contributed by atoms with van der Waals surface area (Å²) >= 11 is 0. The van der Waals surface area contributed by atoms with Crippen molar-refractivity contribution >= 4 is 15.5 Å². The molecule has 0 amide bonds.